The molecule has 9 heteroatoms. The Morgan fingerprint density at radius 1 is 0.929 bits per heavy atom. The van der Waals surface area contributed by atoms with Gasteiger partial charge in [-0.05, 0) is 0 Å². The van der Waals surface area contributed by atoms with Crippen molar-refractivity contribution in [3.8, 4) is 0 Å². The first-order valence-corrected chi connectivity index (χ1v) is 4.63. The van der Waals surface area contributed by atoms with Crippen molar-refractivity contribution >= 4 is 22.6 Å². The normalized spacial score (nSPS) is 14.6. The van der Waals surface area contributed by atoms with Gasteiger partial charge >= 0.3 is 18.4 Å². The van der Waals surface area contributed by atoms with Gasteiger partial charge in [-0.25, -0.2) is 4.74 Å². The standard InChI is InChI=1S/C5H4F7IO/c6-3(7,1-2-13)4(8,9)14-5(10,11)12/h1-2H2. The number of hydrogen-bond acceptors (Lipinski definition) is 1. The Labute approximate surface area is 87.7 Å². The average Bonchev–Trinajstić information content (AvgIpc) is 1.79. The third-order valence-corrected chi connectivity index (χ3v) is 1.62. The van der Waals surface area contributed by atoms with Crippen molar-refractivity contribution in [2.75, 3.05) is 4.43 Å². The van der Waals surface area contributed by atoms with E-state index in [1.165, 1.54) is 22.6 Å². The predicted molar refractivity (Wildman–Crippen MR) is 40.5 cm³/mol. The molecule has 14 heavy (non-hydrogen) atoms. The summed E-state index contributed by atoms with van der Waals surface area (Å²) < 4.78 is 84.6. The lowest BCUT2D eigenvalue weighted by atomic mass is 10.2. The minimum absolute atomic E-state index is 0.415. The van der Waals surface area contributed by atoms with Gasteiger partial charge in [0.05, 0.1) is 0 Å². The number of alkyl halides is 8. The number of hydrogen-bond donors (Lipinski definition) is 0. The first-order chi connectivity index (χ1) is 6.02. The Kier molecular flexibility index (Phi) is 4.43. The van der Waals surface area contributed by atoms with E-state index in [1.807, 2.05) is 0 Å². The fraction of sp³-hybridized carbons (Fsp3) is 1.00. The molecule has 0 spiro atoms. The van der Waals surface area contributed by atoms with Gasteiger partial charge in [-0.3, -0.25) is 0 Å². The number of ether oxygens (including phenoxy) is 1. The lowest BCUT2D eigenvalue weighted by Crippen LogP contribution is -2.46. The second-order valence-corrected chi connectivity index (χ2v) is 3.29. The largest absolute Gasteiger partial charge is 0.527 e. The van der Waals surface area contributed by atoms with Crippen molar-refractivity contribution < 1.29 is 35.5 Å². The van der Waals surface area contributed by atoms with Crippen LogP contribution in [-0.2, 0) is 4.74 Å². The van der Waals surface area contributed by atoms with E-state index in [4.69, 9.17) is 0 Å². The van der Waals surface area contributed by atoms with Crippen molar-refractivity contribution in [1.29, 1.82) is 0 Å². The van der Waals surface area contributed by atoms with Gasteiger partial charge in [0.25, 0.3) is 0 Å². The first kappa shape index (κ1) is 14.2. The Bertz CT molecular complexity index is 189. The molecule has 0 atom stereocenters. The zero-order valence-corrected chi connectivity index (χ0v) is 8.50. The predicted octanol–water partition coefficient (Wildman–Crippen LogP) is 3.58. The topological polar surface area (TPSA) is 9.23 Å². The van der Waals surface area contributed by atoms with Crippen LogP contribution in [-0.4, -0.2) is 22.8 Å². The molecule has 0 fully saturated rings. The third-order valence-electron chi connectivity index (χ3n) is 1.08. The van der Waals surface area contributed by atoms with Gasteiger partial charge < -0.3 is 0 Å². The first-order valence-electron chi connectivity index (χ1n) is 3.10. The SMILES string of the molecule is FC(F)(F)OC(F)(F)C(F)(F)CCI. The summed E-state index contributed by atoms with van der Waals surface area (Å²) in [5, 5.41) is 0. The summed E-state index contributed by atoms with van der Waals surface area (Å²) in [6.45, 7) is 0. The summed E-state index contributed by atoms with van der Waals surface area (Å²) in [6.07, 6.45) is -12.7. The molecule has 0 heterocycles. The fourth-order valence-corrected chi connectivity index (χ4v) is 1.16. The third kappa shape index (κ3) is 4.15. The van der Waals surface area contributed by atoms with E-state index in [9.17, 15) is 30.7 Å². The minimum Gasteiger partial charge on any atom is -0.221 e. The van der Waals surface area contributed by atoms with Gasteiger partial charge in [0.15, 0.2) is 0 Å². The summed E-state index contributed by atoms with van der Waals surface area (Å²) >= 11 is 1.34. The maximum atomic E-state index is 12.4. The zero-order chi connectivity index (χ0) is 11.6. The highest BCUT2D eigenvalue weighted by molar-refractivity contribution is 14.1. The van der Waals surface area contributed by atoms with Crippen LogP contribution in [0.25, 0.3) is 0 Å². The molecule has 0 unspecified atom stereocenters. The van der Waals surface area contributed by atoms with Crippen molar-refractivity contribution in [1.82, 2.24) is 0 Å². The van der Waals surface area contributed by atoms with Gasteiger partial charge in [0.2, 0.25) is 0 Å². The molecular weight excluding hydrogens is 336 g/mol. The van der Waals surface area contributed by atoms with E-state index < -0.39 is 29.2 Å². The van der Waals surface area contributed by atoms with Crippen LogP contribution in [0.15, 0.2) is 0 Å². The van der Waals surface area contributed by atoms with E-state index in [0.29, 0.717) is 0 Å². The second kappa shape index (κ2) is 4.37. The second-order valence-electron chi connectivity index (χ2n) is 2.21. The van der Waals surface area contributed by atoms with Crippen LogP contribution in [0, 0.1) is 0 Å². The Balaban J connectivity index is 4.59. The lowest BCUT2D eigenvalue weighted by molar-refractivity contribution is -0.465. The van der Waals surface area contributed by atoms with Crippen LogP contribution in [0.2, 0.25) is 0 Å². The van der Waals surface area contributed by atoms with Gasteiger partial charge in [0, 0.05) is 10.8 Å². The monoisotopic (exact) mass is 340 g/mol. The molecule has 0 saturated heterocycles. The van der Waals surface area contributed by atoms with Crippen molar-refractivity contribution in [2.45, 2.75) is 24.8 Å². The molecule has 0 aliphatic carbocycles. The summed E-state index contributed by atoms with van der Waals surface area (Å²) in [7, 11) is 0. The van der Waals surface area contributed by atoms with E-state index in [-0.39, 0.29) is 0 Å². The number of halogens is 8. The Hall–Kier alpha value is 0.200. The maximum Gasteiger partial charge on any atom is 0.527 e. The summed E-state index contributed by atoms with van der Waals surface area (Å²) in [5.41, 5.74) is 0. The number of rotatable bonds is 4. The van der Waals surface area contributed by atoms with Crippen molar-refractivity contribution in [3.63, 3.8) is 0 Å². The van der Waals surface area contributed by atoms with E-state index in [0.717, 1.165) is 0 Å². The van der Waals surface area contributed by atoms with Crippen molar-refractivity contribution in [3.05, 3.63) is 0 Å². The van der Waals surface area contributed by atoms with Gasteiger partial charge in [0.1, 0.15) is 0 Å². The highest BCUT2D eigenvalue weighted by Crippen LogP contribution is 2.41. The highest BCUT2D eigenvalue weighted by Gasteiger charge is 2.62. The molecule has 86 valence electrons. The van der Waals surface area contributed by atoms with Crippen molar-refractivity contribution in [2.24, 2.45) is 0 Å². The molecule has 0 aliphatic rings. The van der Waals surface area contributed by atoms with Crippen LogP contribution < -0.4 is 0 Å². The van der Waals surface area contributed by atoms with Crippen LogP contribution in [0.1, 0.15) is 6.42 Å². The molecule has 0 radical (unpaired) electrons. The summed E-state index contributed by atoms with van der Waals surface area (Å²) in [4.78, 5) is 0. The Morgan fingerprint density at radius 2 is 1.36 bits per heavy atom. The van der Waals surface area contributed by atoms with Gasteiger partial charge in [-0.1, -0.05) is 22.6 Å². The average molecular weight is 340 g/mol. The van der Waals surface area contributed by atoms with Crippen LogP contribution >= 0.6 is 22.6 Å². The quantitative estimate of drug-likeness (QED) is 0.432. The highest BCUT2D eigenvalue weighted by atomic mass is 127. The van der Waals surface area contributed by atoms with E-state index in [1.54, 1.807) is 0 Å². The van der Waals surface area contributed by atoms with Gasteiger partial charge in [-0.15, -0.1) is 13.2 Å². The molecular formula is C5H4F7IO. The zero-order valence-electron chi connectivity index (χ0n) is 6.35. The van der Waals surface area contributed by atoms with Gasteiger partial charge in [-0.2, -0.15) is 17.6 Å². The fourth-order valence-electron chi connectivity index (χ4n) is 0.484. The van der Waals surface area contributed by atoms with E-state index in [2.05, 4.69) is 4.74 Å². The maximum absolute atomic E-state index is 12.4. The van der Waals surface area contributed by atoms with Crippen LogP contribution in [0.3, 0.4) is 0 Å². The molecule has 0 aromatic carbocycles. The summed E-state index contributed by atoms with van der Waals surface area (Å²) in [6, 6.07) is 0. The van der Waals surface area contributed by atoms with Crippen LogP contribution in [0.5, 0.6) is 0 Å². The Morgan fingerprint density at radius 3 is 1.64 bits per heavy atom. The van der Waals surface area contributed by atoms with E-state index >= 15 is 0 Å². The molecule has 0 rings (SSSR count). The molecule has 0 N–H and O–H groups in total. The molecule has 0 aliphatic heterocycles. The molecule has 0 saturated carbocycles. The van der Waals surface area contributed by atoms with Crippen LogP contribution in [0.4, 0.5) is 30.7 Å². The lowest BCUT2D eigenvalue weighted by Gasteiger charge is -2.26. The molecule has 0 aromatic rings. The minimum atomic E-state index is -5.79. The molecule has 0 amide bonds. The summed E-state index contributed by atoms with van der Waals surface area (Å²) in [5.74, 6) is -4.83. The smallest absolute Gasteiger partial charge is 0.221 e. The molecule has 1 nitrogen and oxygen atoms in total. The molecule has 0 bridgehead atoms. The molecule has 0 aromatic heterocycles.